The largest absolute Gasteiger partial charge is 0.336 e. The lowest BCUT2D eigenvalue weighted by molar-refractivity contribution is 0.0635. The van der Waals surface area contributed by atoms with Gasteiger partial charge in [-0.1, -0.05) is 23.7 Å². The van der Waals surface area contributed by atoms with Crippen LogP contribution >= 0.6 is 11.6 Å². The summed E-state index contributed by atoms with van der Waals surface area (Å²) in [6.45, 7) is 3.65. The Kier molecular flexibility index (Phi) is 4.48. The number of halogens is 1. The van der Waals surface area contributed by atoms with Gasteiger partial charge < -0.3 is 4.90 Å². The zero-order valence-corrected chi connectivity index (χ0v) is 13.5. The van der Waals surface area contributed by atoms with Gasteiger partial charge in [0.1, 0.15) is 0 Å². The van der Waals surface area contributed by atoms with Gasteiger partial charge in [0.2, 0.25) is 0 Å². The zero-order chi connectivity index (χ0) is 15.5. The highest BCUT2D eigenvalue weighted by Crippen LogP contribution is 2.19. The topological polar surface area (TPSA) is 38.1 Å². The molecule has 0 saturated carbocycles. The first-order chi connectivity index (χ1) is 10.6. The first kappa shape index (κ1) is 15.1. The smallest absolute Gasteiger partial charge is 0.254 e. The van der Waals surface area contributed by atoms with Crippen LogP contribution in [0.4, 0.5) is 0 Å². The molecule has 1 aromatic heterocycles. The van der Waals surface area contributed by atoms with Gasteiger partial charge in [0.15, 0.2) is 0 Å². The third-order valence-electron chi connectivity index (χ3n) is 4.21. The van der Waals surface area contributed by atoms with Gasteiger partial charge >= 0.3 is 0 Å². The van der Waals surface area contributed by atoms with Crippen molar-refractivity contribution in [1.29, 1.82) is 0 Å². The molecule has 4 nitrogen and oxygen atoms in total. The second kappa shape index (κ2) is 6.53. The van der Waals surface area contributed by atoms with Crippen LogP contribution in [-0.4, -0.2) is 33.2 Å². The highest BCUT2D eigenvalue weighted by atomic mass is 35.5. The summed E-state index contributed by atoms with van der Waals surface area (Å²) in [4.78, 5) is 14.6. The Labute approximate surface area is 135 Å². The maximum absolute atomic E-state index is 12.6. The quantitative estimate of drug-likeness (QED) is 0.867. The van der Waals surface area contributed by atoms with Crippen molar-refractivity contribution in [3.63, 3.8) is 0 Å². The van der Waals surface area contributed by atoms with Crippen molar-refractivity contribution in [2.45, 2.75) is 38.8 Å². The van der Waals surface area contributed by atoms with Crippen LogP contribution in [0.3, 0.4) is 0 Å². The van der Waals surface area contributed by atoms with Crippen molar-refractivity contribution < 1.29 is 4.79 Å². The highest BCUT2D eigenvalue weighted by molar-refractivity contribution is 6.30. The van der Waals surface area contributed by atoms with E-state index < -0.39 is 0 Å². The SMILES string of the molecule is C[C@H]1CCCCN1C(=O)c1ccc(Cn2cc(Cl)cn2)cc1. The lowest BCUT2D eigenvalue weighted by Gasteiger charge is -2.33. The molecule has 2 aromatic rings. The molecule has 1 aliphatic rings. The molecule has 0 spiro atoms. The number of benzene rings is 1. The van der Waals surface area contributed by atoms with E-state index in [0.717, 1.165) is 30.5 Å². The van der Waals surface area contributed by atoms with E-state index in [0.29, 0.717) is 17.6 Å². The Morgan fingerprint density at radius 1 is 1.32 bits per heavy atom. The fraction of sp³-hybridized carbons (Fsp3) is 0.412. The molecule has 116 valence electrons. The highest BCUT2D eigenvalue weighted by Gasteiger charge is 2.23. The van der Waals surface area contributed by atoms with E-state index in [-0.39, 0.29) is 5.91 Å². The Balaban J connectivity index is 1.69. The van der Waals surface area contributed by atoms with Gasteiger partial charge in [0, 0.05) is 24.3 Å². The van der Waals surface area contributed by atoms with E-state index in [1.807, 2.05) is 29.2 Å². The van der Waals surface area contributed by atoms with Gasteiger partial charge in [-0.15, -0.1) is 0 Å². The predicted molar refractivity (Wildman–Crippen MR) is 87.1 cm³/mol. The van der Waals surface area contributed by atoms with Crippen molar-refractivity contribution in [1.82, 2.24) is 14.7 Å². The van der Waals surface area contributed by atoms with Gasteiger partial charge in [-0.2, -0.15) is 5.10 Å². The van der Waals surface area contributed by atoms with Crippen LogP contribution in [0.25, 0.3) is 0 Å². The Bertz CT molecular complexity index is 650. The number of nitrogens with zero attached hydrogens (tertiary/aromatic N) is 3. The van der Waals surface area contributed by atoms with E-state index in [4.69, 9.17) is 11.6 Å². The zero-order valence-electron chi connectivity index (χ0n) is 12.7. The summed E-state index contributed by atoms with van der Waals surface area (Å²) in [5.41, 5.74) is 1.86. The fourth-order valence-electron chi connectivity index (χ4n) is 2.93. The normalized spacial score (nSPS) is 18.5. The number of aromatic nitrogens is 2. The molecule has 1 aliphatic heterocycles. The summed E-state index contributed by atoms with van der Waals surface area (Å²) < 4.78 is 1.78. The number of likely N-dealkylation sites (tertiary alicyclic amines) is 1. The minimum atomic E-state index is 0.140. The molecule has 0 N–H and O–H groups in total. The van der Waals surface area contributed by atoms with E-state index in [1.54, 1.807) is 17.1 Å². The first-order valence-electron chi connectivity index (χ1n) is 7.71. The molecule has 0 radical (unpaired) electrons. The summed E-state index contributed by atoms with van der Waals surface area (Å²) in [5.74, 6) is 0.140. The van der Waals surface area contributed by atoms with Crippen molar-refractivity contribution in [3.8, 4) is 0 Å². The summed E-state index contributed by atoms with van der Waals surface area (Å²) in [6, 6.07) is 8.12. The summed E-state index contributed by atoms with van der Waals surface area (Å²) >= 11 is 5.86. The van der Waals surface area contributed by atoms with Gasteiger partial charge in [-0.25, -0.2) is 0 Å². The molecular formula is C17H20ClN3O. The van der Waals surface area contributed by atoms with Crippen molar-refractivity contribution in [2.75, 3.05) is 6.54 Å². The fourth-order valence-corrected chi connectivity index (χ4v) is 3.09. The van der Waals surface area contributed by atoms with Crippen molar-refractivity contribution >= 4 is 17.5 Å². The maximum Gasteiger partial charge on any atom is 0.254 e. The molecular weight excluding hydrogens is 298 g/mol. The number of carbonyl (C=O) groups is 1. The van der Waals surface area contributed by atoms with E-state index >= 15 is 0 Å². The number of hydrogen-bond donors (Lipinski definition) is 0. The summed E-state index contributed by atoms with van der Waals surface area (Å²) in [7, 11) is 0. The van der Waals surface area contributed by atoms with Crippen LogP contribution in [0, 0.1) is 0 Å². The molecule has 5 heteroatoms. The second-order valence-corrected chi connectivity index (χ2v) is 6.33. The van der Waals surface area contributed by atoms with Gasteiger partial charge in [-0.05, 0) is 43.9 Å². The average molecular weight is 318 g/mol. The second-order valence-electron chi connectivity index (χ2n) is 5.90. The van der Waals surface area contributed by atoms with Gasteiger partial charge in [0.05, 0.1) is 17.8 Å². The van der Waals surface area contributed by atoms with Crippen molar-refractivity contribution in [3.05, 3.63) is 52.8 Å². The standard InChI is InChI=1S/C17H20ClN3O/c1-13-4-2-3-9-21(13)17(22)15-7-5-14(6-8-15)11-20-12-16(18)10-19-20/h5-8,10,12-13H,2-4,9,11H2,1H3/t13-/m0/s1. The predicted octanol–water partition coefficient (Wildman–Crippen LogP) is 3.60. The molecule has 1 saturated heterocycles. The van der Waals surface area contributed by atoms with Gasteiger partial charge in [0.25, 0.3) is 5.91 Å². The number of rotatable bonds is 3. The Morgan fingerprint density at radius 3 is 2.73 bits per heavy atom. The number of piperidine rings is 1. The molecule has 3 rings (SSSR count). The van der Waals surface area contributed by atoms with E-state index in [9.17, 15) is 4.79 Å². The molecule has 1 fully saturated rings. The number of carbonyl (C=O) groups excluding carboxylic acids is 1. The minimum Gasteiger partial charge on any atom is -0.336 e. The van der Waals surface area contributed by atoms with Crippen molar-refractivity contribution in [2.24, 2.45) is 0 Å². The minimum absolute atomic E-state index is 0.140. The van der Waals surface area contributed by atoms with Crippen LogP contribution in [0.1, 0.15) is 42.1 Å². The number of amides is 1. The third kappa shape index (κ3) is 3.33. The molecule has 2 heterocycles. The van der Waals surface area contributed by atoms with Crippen LogP contribution in [0.15, 0.2) is 36.7 Å². The Hall–Kier alpha value is -1.81. The Morgan fingerprint density at radius 2 is 2.09 bits per heavy atom. The molecule has 0 bridgehead atoms. The number of hydrogen-bond acceptors (Lipinski definition) is 2. The van der Waals surface area contributed by atoms with Crippen LogP contribution < -0.4 is 0 Å². The molecule has 0 aliphatic carbocycles. The molecule has 1 amide bonds. The summed E-state index contributed by atoms with van der Waals surface area (Å²) in [6.07, 6.45) is 6.83. The van der Waals surface area contributed by atoms with Gasteiger partial charge in [-0.3, -0.25) is 9.48 Å². The van der Waals surface area contributed by atoms with Crippen LogP contribution in [-0.2, 0) is 6.54 Å². The van der Waals surface area contributed by atoms with E-state index in [1.165, 1.54) is 6.42 Å². The average Bonchev–Trinajstić information content (AvgIpc) is 2.93. The van der Waals surface area contributed by atoms with Crippen LogP contribution in [0.2, 0.25) is 5.02 Å². The maximum atomic E-state index is 12.6. The molecule has 22 heavy (non-hydrogen) atoms. The lowest BCUT2D eigenvalue weighted by atomic mass is 10.0. The third-order valence-corrected chi connectivity index (χ3v) is 4.41. The van der Waals surface area contributed by atoms with E-state index in [2.05, 4.69) is 12.0 Å². The van der Waals surface area contributed by atoms with Crippen LogP contribution in [0.5, 0.6) is 0 Å². The lowest BCUT2D eigenvalue weighted by Crippen LogP contribution is -2.42. The molecule has 1 aromatic carbocycles. The monoisotopic (exact) mass is 317 g/mol. The first-order valence-corrected chi connectivity index (χ1v) is 8.09. The molecule has 1 atom stereocenters. The summed E-state index contributed by atoms with van der Waals surface area (Å²) in [5, 5.41) is 4.79. The molecule has 0 unspecified atom stereocenters.